The quantitative estimate of drug-likeness (QED) is 0.115. The summed E-state index contributed by atoms with van der Waals surface area (Å²) in [5.41, 5.74) is 11.2. The molecule has 2 aliphatic heterocycles. The molecule has 2 fully saturated rings. The average Bonchev–Trinajstić information content (AvgIpc) is 3.69. The van der Waals surface area contributed by atoms with E-state index in [-0.39, 0.29) is 29.4 Å². The number of nitrogens with zero attached hydrogens (tertiary/aromatic N) is 8. The van der Waals surface area contributed by atoms with E-state index in [4.69, 9.17) is 41.8 Å². The Hall–Kier alpha value is -3.27. The lowest BCUT2D eigenvalue weighted by molar-refractivity contribution is -0.0569. The molecule has 0 aliphatic carbocycles. The number of ether oxygens (including phenoxy) is 2. The fourth-order valence-corrected chi connectivity index (χ4v) is 6.08. The van der Waals surface area contributed by atoms with Gasteiger partial charge in [-0.05, 0) is 11.8 Å². The number of aliphatic hydroxyl groups excluding tert-OH is 2. The number of alkyl halides is 1. The van der Waals surface area contributed by atoms with Crippen LogP contribution in [0.1, 0.15) is 24.4 Å². The van der Waals surface area contributed by atoms with Gasteiger partial charge in [-0.1, -0.05) is 5.21 Å². The molecule has 6 heterocycles. The number of nitrogens with two attached hydrogens (primary N) is 2. The molecule has 4 aromatic rings. The molecule has 220 valence electrons. The molecule has 4 aromatic heterocycles. The molecule has 22 heteroatoms. The number of hydrogen-bond donors (Lipinski definition) is 6. The maximum Gasteiger partial charge on any atom is 0.325 e. The van der Waals surface area contributed by atoms with E-state index in [0.717, 1.165) is 4.68 Å². The highest BCUT2D eigenvalue weighted by atomic mass is 32.5. The zero-order valence-electron chi connectivity index (χ0n) is 20.7. The molecule has 6 rings (SSSR count). The number of anilines is 2. The van der Waals surface area contributed by atoms with Crippen molar-refractivity contribution >= 4 is 47.1 Å². The first-order chi connectivity index (χ1) is 19.6. The number of fused-ring (bicyclic) bond motifs is 2. The van der Waals surface area contributed by atoms with Crippen molar-refractivity contribution in [3.63, 3.8) is 0 Å². The van der Waals surface area contributed by atoms with Crippen molar-refractivity contribution in [2.24, 2.45) is 0 Å². The fraction of sp³-hybridized carbons (Fsp3) is 0.526. The smallest absolute Gasteiger partial charge is 0.325 e. The Labute approximate surface area is 232 Å². The van der Waals surface area contributed by atoms with Gasteiger partial charge in [-0.2, -0.15) is 14.8 Å². The van der Waals surface area contributed by atoms with Crippen LogP contribution in [0.4, 0.5) is 16.2 Å². The first-order valence-corrected chi connectivity index (χ1v) is 14.6. The van der Waals surface area contributed by atoms with Crippen LogP contribution in [0.5, 0.6) is 0 Å². The molecule has 8 atom stereocenters. The molecule has 2 aliphatic rings. The molecule has 0 radical (unpaired) electrons. The van der Waals surface area contributed by atoms with Crippen molar-refractivity contribution < 1.29 is 38.0 Å². The lowest BCUT2D eigenvalue weighted by Crippen LogP contribution is -2.33. The molecule has 1 unspecified atom stereocenters. The Morgan fingerprint density at radius 2 is 2.07 bits per heavy atom. The van der Waals surface area contributed by atoms with Crippen molar-refractivity contribution in [2.75, 3.05) is 24.7 Å². The van der Waals surface area contributed by atoms with Gasteiger partial charge in [-0.3, -0.25) is 14.3 Å². The minimum absolute atomic E-state index is 0.138. The Morgan fingerprint density at radius 3 is 2.85 bits per heavy atom. The van der Waals surface area contributed by atoms with E-state index in [2.05, 4.69) is 35.3 Å². The van der Waals surface area contributed by atoms with E-state index < -0.39 is 68.4 Å². The van der Waals surface area contributed by atoms with Gasteiger partial charge in [0.25, 0.3) is 5.56 Å². The third-order valence-electron chi connectivity index (χ3n) is 6.61. The first-order valence-electron chi connectivity index (χ1n) is 12.0. The van der Waals surface area contributed by atoms with Gasteiger partial charge in [-0.25, -0.2) is 18.9 Å². The lowest BCUT2D eigenvalue weighted by Gasteiger charge is -2.25. The Kier molecular flexibility index (Phi) is 7.16. The first kappa shape index (κ1) is 27.9. The number of imidazole rings is 1. The van der Waals surface area contributed by atoms with Gasteiger partial charge in [0.1, 0.15) is 30.7 Å². The van der Waals surface area contributed by atoms with Crippen LogP contribution in [0.25, 0.3) is 16.8 Å². The molecule has 0 saturated carbocycles. The molecule has 0 aromatic carbocycles. The molecular formula is C19H23FN11O8PS. The molecule has 0 spiro atoms. The zero-order chi connectivity index (χ0) is 29.1. The topological polar surface area (TPSA) is 269 Å². The van der Waals surface area contributed by atoms with Gasteiger partial charge >= 0.3 is 6.72 Å². The second-order valence-corrected chi connectivity index (χ2v) is 12.0. The van der Waals surface area contributed by atoms with Crippen LogP contribution in [0, 0.1) is 0 Å². The summed E-state index contributed by atoms with van der Waals surface area (Å²) in [6, 6.07) is 0. The molecule has 8 N–H and O–H groups in total. The minimum Gasteiger partial charge on any atom is -0.394 e. The van der Waals surface area contributed by atoms with Gasteiger partial charge in [0.2, 0.25) is 5.95 Å². The highest BCUT2D eigenvalue weighted by Gasteiger charge is 2.50. The number of aromatic amines is 1. The van der Waals surface area contributed by atoms with Gasteiger partial charge in [0, 0.05) is 6.42 Å². The van der Waals surface area contributed by atoms with Crippen LogP contribution >= 0.6 is 6.72 Å². The number of halogens is 1. The summed E-state index contributed by atoms with van der Waals surface area (Å²) in [4.78, 5) is 37.2. The van der Waals surface area contributed by atoms with Crippen LogP contribution < -0.4 is 17.0 Å². The number of nitrogen functional groups attached to an aromatic ring is 2. The Balaban J connectivity index is 1.17. The highest BCUT2D eigenvalue weighted by molar-refractivity contribution is 8.07. The average molecular weight is 616 g/mol. The van der Waals surface area contributed by atoms with Crippen molar-refractivity contribution in [2.45, 2.75) is 49.3 Å². The zero-order valence-corrected chi connectivity index (χ0v) is 22.4. The Morgan fingerprint density at radius 1 is 1.27 bits per heavy atom. The van der Waals surface area contributed by atoms with E-state index in [0.29, 0.717) is 11.3 Å². The maximum absolute atomic E-state index is 15.3. The number of nitrogens with one attached hydrogen (secondary N) is 1. The minimum atomic E-state index is -4.23. The van der Waals surface area contributed by atoms with Crippen LogP contribution in [0.3, 0.4) is 0 Å². The standard InChI is InChI=1S/C19H23FN11O8PS/c20-11-9(3-32)38-18(31-15-12(28-29-31)17(34)27-19(22)26-15)13(11)39-40(35,41)36-4-10-7(33)1-8(37-10)6-2-23-16-14(21)24-5-25-30(6)16/h2,5,7-11,13,18,32-33H,1,3-4H2,(H,35,41)(H2,21,24,25)(H3,22,26,27,34)/t7-,8+,9+,10+,11+,13+,18+,40?/m0/s1. The summed E-state index contributed by atoms with van der Waals surface area (Å²) in [7, 11) is 0. The van der Waals surface area contributed by atoms with Crippen LogP contribution in [0.2, 0.25) is 0 Å². The number of rotatable bonds is 8. The van der Waals surface area contributed by atoms with Crippen LogP contribution in [0.15, 0.2) is 17.3 Å². The second-order valence-electron chi connectivity index (χ2n) is 9.21. The van der Waals surface area contributed by atoms with Crippen molar-refractivity contribution in [3.05, 3.63) is 28.6 Å². The maximum atomic E-state index is 15.3. The summed E-state index contributed by atoms with van der Waals surface area (Å²) in [5.74, 6) is -0.0996. The third kappa shape index (κ3) is 5.04. The lowest BCUT2D eigenvalue weighted by atomic mass is 10.1. The summed E-state index contributed by atoms with van der Waals surface area (Å²) < 4.78 is 40.0. The normalized spacial score (nSPS) is 29.9. The summed E-state index contributed by atoms with van der Waals surface area (Å²) in [5, 5.41) is 31.8. The molecular weight excluding hydrogens is 592 g/mol. The van der Waals surface area contributed by atoms with Crippen LogP contribution in [-0.4, -0.2) is 103 Å². The summed E-state index contributed by atoms with van der Waals surface area (Å²) in [6.45, 7) is -5.40. The Bertz CT molecular complexity index is 1700. The highest BCUT2D eigenvalue weighted by Crippen LogP contribution is 2.50. The van der Waals surface area contributed by atoms with Crippen molar-refractivity contribution in [3.8, 4) is 0 Å². The molecule has 0 bridgehead atoms. The fourth-order valence-electron chi connectivity index (χ4n) is 4.67. The van der Waals surface area contributed by atoms with Gasteiger partial charge in [-0.15, -0.1) is 5.10 Å². The number of aliphatic hydroxyl groups is 2. The van der Waals surface area contributed by atoms with E-state index in [1.165, 1.54) is 17.0 Å². The predicted molar refractivity (Wildman–Crippen MR) is 137 cm³/mol. The van der Waals surface area contributed by atoms with Crippen molar-refractivity contribution in [1.29, 1.82) is 0 Å². The van der Waals surface area contributed by atoms with E-state index in [1.54, 1.807) is 0 Å². The van der Waals surface area contributed by atoms with Gasteiger partial charge in [0.05, 0.1) is 31.2 Å². The van der Waals surface area contributed by atoms with E-state index >= 15 is 4.39 Å². The second kappa shape index (κ2) is 10.5. The van der Waals surface area contributed by atoms with E-state index in [9.17, 15) is 19.9 Å². The SMILES string of the molecule is Nc1nc2c(nnn2[C@@H]2O[C@H](CO)[C@@H](F)[C@H]2OP(O)(=S)OC[C@H]2O[C@@H](c3cnc4c(N)ncnn34)C[C@@H]2O)c(=O)[nH]1. The monoisotopic (exact) mass is 615 g/mol. The summed E-state index contributed by atoms with van der Waals surface area (Å²) in [6.07, 6.45) is -6.31. The molecule has 0 amide bonds. The van der Waals surface area contributed by atoms with E-state index in [1.807, 2.05) is 0 Å². The number of H-pyrrole nitrogens is 1. The van der Waals surface area contributed by atoms with Crippen molar-refractivity contribution in [1.82, 2.24) is 44.5 Å². The molecule has 41 heavy (non-hydrogen) atoms. The molecule has 19 nitrogen and oxygen atoms in total. The van der Waals surface area contributed by atoms with Gasteiger partial charge < -0.3 is 40.6 Å². The molecule has 2 saturated heterocycles. The third-order valence-corrected chi connectivity index (χ3v) is 8.17. The predicted octanol–water partition coefficient (Wildman–Crippen LogP) is -2.15. The van der Waals surface area contributed by atoms with Crippen LogP contribution in [-0.2, 0) is 30.3 Å². The number of hydrogen-bond acceptors (Lipinski definition) is 16. The summed E-state index contributed by atoms with van der Waals surface area (Å²) >= 11 is 5.11. The number of aromatic nitrogens is 9. The largest absolute Gasteiger partial charge is 0.394 e. The van der Waals surface area contributed by atoms with Gasteiger partial charge in [0.15, 0.2) is 35.0 Å².